The van der Waals surface area contributed by atoms with Crippen molar-refractivity contribution in [3.8, 4) is 5.88 Å². The summed E-state index contributed by atoms with van der Waals surface area (Å²) < 4.78 is 16.9. The lowest BCUT2D eigenvalue weighted by Gasteiger charge is -2.28. The zero-order chi connectivity index (χ0) is 21.3. The molecule has 0 atom stereocenters. The number of anilines is 1. The van der Waals surface area contributed by atoms with Gasteiger partial charge < -0.3 is 19.1 Å². The third kappa shape index (κ3) is 6.70. The summed E-state index contributed by atoms with van der Waals surface area (Å²) in [5.74, 6) is 2.04. The quantitative estimate of drug-likeness (QED) is 0.548. The molecule has 8 nitrogen and oxygen atoms in total. The fraction of sp³-hybridized carbons (Fsp3) is 0.591. The summed E-state index contributed by atoms with van der Waals surface area (Å²) in [5.41, 5.74) is 0. The first kappa shape index (κ1) is 22.1. The van der Waals surface area contributed by atoms with Crippen LogP contribution in [0.15, 0.2) is 23.2 Å². The Labute approximate surface area is 187 Å². The predicted molar refractivity (Wildman–Crippen MR) is 123 cm³/mol. The van der Waals surface area contributed by atoms with Crippen molar-refractivity contribution in [3.63, 3.8) is 0 Å². The minimum absolute atomic E-state index is 0.581. The molecule has 0 aromatic carbocycles. The van der Waals surface area contributed by atoms with Gasteiger partial charge in [-0.3, -0.25) is 9.89 Å². The Morgan fingerprint density at radius 1 is 1.06 bits per heavy atom. The molecule has 168 valence electrons. The molecule has 0 unspecified atom stereocenters. The van der Waals surface area contributed by atoms with E-state index in [1.165, 1.54) is 9.75 Å². The standard InChI is InChI=1S/C22H31N5O3S/c1-2-18-3-4-19(31-18)16-23-17-20-24-21(27-8-12-29-13-9-27)15-22(25-20)30-14-7-26-5-10-28-11-6-26/h3-4,15,17H,2,5-14,16H2,1H3. The van der Waals surface area contributed by atoms with E-state index < -0.39 is 0 Å². The lowest BCUT2D eigenvalue weighted by atomic mass is 10.3. The molecule has 2 fully saturated rings. The number of thiophene rings is 1. The smallest absolute Gasteiger partial charge is 0.219 e. The maximum Gasteiger partial charge on any atom is 0.219 e. The molecule has 4 heterocycles. The highest BCUT2D eigenvalue weighted by molar-refractivity contribution is 7.11. The Kier molecular flexibility index (Phi) is 8.23. The maximum absolute atomic E-state index is 6.01. The molecule has 9 heteroatoms. The molecule has 2 aliphatic rings. The fourth-order valence-corrected chi connectivity index (χ4v) is 4.43. The summed E-state index contributed by atoms with van der Waals surface area (Å²) in [6.45, 7) is 10.8. The zero-order valence-corrected chi connectivity index (χ0v) is 19.0. The fourth-order valence-electron chi connectivity index (χ4n) is 3.54. The van der Waals surface area contributed by atoms with E-state index >= 15 is 0 Å². The van der Waals surface area contributed by atoms with Gasteiger partial charge in [0.1, 0.15) is 12.4 Å². The molecule has 0 saturated carbocycles. The van der Waals surface area contributed by atoms with Gasteiger partial charge in [-0.1, -0.05) is 6.92 Å². The van der Waals surface area contributed by atoms with E-state index in [-0.39, 0.29) is 0 Å². The van der Waals surface area contributed by atoms with Crippen LogP contribution in [0.1, 0.15) is 22.5 Å². The molecule has 2 aliphatic heterocycles. The Morgan fingerprint density at radius 2 is 1.81 bits per heavy atom. The van der Waals surface area contributed by atoms with E-state index in [9.17, 15) is 0 Å². The van der Waals surface area contributed by atoms with Crippen molar-refractivity contribution in [2.24, 2.45) is 4.99 Å². The summed E-state index contributed by atoms with van der Waals surface area (Å²) in [6, 6.07) is 6.24. The number of ether oxygens (including phenoxy) is 3. The lowest BCUT2D eigenvalue weighted by Crippen LogP contribution is -2.38. The summed E-state index contributed by atoms with van der Waals surface area (Å²) >= 11 is 1.81. The number of hydrogen-bond donors (Lipinski definition) is 0. The van der Waals surface area contributed by atoms with Crippen LogP contribution < -0.4 is 9.64 Å². The highest BCUT2D eigenvalue weighted by atomic mass is 32.1. The number of aromatic nitrogens is 2. The summed E-state index contributed by atoms with van der Waals surface area (Å²) in [4.78, 5) is 21.1. The van der Waals surface area contributed by atoms with Crippen molar-refractivity contribution in [1.82, 2.24) is 14.9 Å². The van der Waals surface area contributed by atoms with Crippen molar-refractivity contribution in [2.75, 3.05) is 70.7 Å². The number of rotatable bonds is 9. The average molecular weight is 446 g/mol. The monoisotopic (exact) mass is 445 g/mol. The SMILES string of the molecule is CCc1ccc(CN=Cc2nc(OCCN3CCOCC3)cc(N3CCOCC3)n2)s1. The number of hydrogen-bond acceptors (Lipinski definition) is 9. The summed E-state index contributed by atoms with van der Waals surface area (Å²) in [6.07, 6.45) is 2.81. The van der Waals surface area contributed by atoms with Crippen LogP contribution in [-0.4, -0.2) is 86.8 Å². The molecule has 0 bridgehead atoms. The van der Waals surface area contributed by atoms with Crippen LogP contribution >= 0.6 is 11.3 Å². The van der Waals surface area contributed by atoms with E-state index in [4.69, 9.17) is 19.2 Å². The largest absolute Gasteiger partial charge is 0.476 e. The van der Waals surface area contributed by atoms with Crippen LogP contribution in [0.2, 0.25) is 0 Å². The molecular weight excluding hydrogens is 414 g/mol. The Bertz CT molecular complexity index is 847. The van der Waals surface area contributed by atoms with Crippen LogP contribution in [0.25, 0.3) is 0 Å². The topological polar surface area (TPSA) is 72.3 Å². The predicted octanol–water partition coefficient (Wildman–Crippen LogP) is 2.27. The van der Waals surface area contributed by atoms with E-state index in [1.54, 1.807) is 17.6 Å². The molecule has 2 aromatic heterocycles. The summed E-state index contributed by atoms with van der Waals surface area (Å²) in [7, 11) is 0. The molecule has 2 saturated heterocycles. The second kappa shape index (κ2) is 11.5. The first-order valence-electron chi connectivity index (χ1n) is 11.0. The molecule has 0 N–H and O–H groups in total. The van der Waals surface area contributed by atoms with Gasteiger partial charge in [0, 0.05) is 48.5 Å². The maximum atomic E-state index is 6.01. The Balaban J connectivity index is 1.42. The third-order valence-corrected chi connectivity index (χ3v) is 6.54. The van der Waals surface area contributed by atoms with Gasteiger partial charge in [0.25, 0.3) is 0 Å². The molecule has 31 heavy (non-hydrogen) atoms. The number of nitrogens with zero attached hydrogens (tertiary/aromatic N) is 5. The van der Waals surface area contributed by atoms with Crippen molar-refractivity contribution < 1.29 is 14.2 Å². The van der Waals surface area contributed by atoms with E-state index in [2.05, 4.69) is 38.8 Å². The van der Waals surface area contributed by atoms with Crippen molar-refractivity contribution in [3.05, 3.63) is 33.8 Å². The zero-order valence-electron chi connectivity index (χ0n) is 18.2. The first-order chi connectivity index (χ1) is 15.3. The van der Waals surface area contributed by atoms with E-state index in [0.717, 1.165) is 58.2 Å². The van der Waals surface area contributed by atoms with Gasteiger partial charge in [0.2, 0.25) is 5.88 Å². The van der Waals surface area contributed by atoms with Crippen LogP contribution in [0, 0.1) is 0 Å². The number of morpholine rings is 2. The second-order valence-corrected chi connectivity index (χ2v) is 8.77. The number of aliphatic imine (C=N–C) groups is 1. The van der Waals surface area contributed by atoms with Crippen molar-refractivity contribution >= 4 is 23.4 Å². The summed E-state index contributed by atoms with van der Waals surface area (Å²) in [5, 5.41) is 0. The Morgan fingerprint density at radius 3 is 2.55 bits per heavy atom. The lowest BCUT2D eigenvalue weighted by molar-refractivity contribution is 0.0320. The molecule has 0 aliphatic carbocycles. The van der Waals surface area contributed by atoms with Gasteiger partial charge in [0.15, 0.2) is 5.82 Å². The van der Waals surface area contributed by atoms with Gasteiger partial charge in [-0.05, 0) is 18.6 Å². The molecule has 4 rings (SSSR count). The van der Waals surface area contributed by atoms with Crippen molar-refractivity contribution in [2.45, 2.75) is 19.9 Å². The van der Waals surface area contributed by atoms with Crippen LogP contribution in [-0.2, 0) is 22.4 Å². The molecule has 0 spiro atoms. The molecular formula is C22H31N5O3S. The first-order valence-corrected chi connectivity index (χ1v) is 11.8. The van der Waals surface area contributed by atoms with Crippen LogP contribution in [0.4, 0.5) is 5.82 Å². The third-order valence-electron chi connectivity index (χ3n) is 5.32. The normalized spacial score (nSPS) is 18.0. The van der Waals surface area contributed by atoms with E-state index in [0.29, 0.717) is 38.1 Å². The van der Waals surface area contributed by atoms with Crippen LogP contribution in [0.3, 0.4) is 0 Å². The minimum atomic E-state index is 0.581. The highest BCUT2D eigenvalue weighted by Gasteiger charge is 2.16. The minimum Gasteiger partial charge on any atom is -0.476 e. The van der Waals surface area contributed by atoms with Gasteiger partial charge in [-0.25, -0.2) is 4.98 Å². The molecule has 0 amide bonds. The highest BCUT2D eigenvalue weighted by Crippen LogP contribution is 2.20. The number of aryl methyl sites for hydroxylation is 1. The van der Waals surface area contributed by atoms with Crippen LogP contribution in [0.5, 0.6) is 5.88 Å². The second-order valence-electron chi connectivity index (χ2n) is 7.52. The Hall–Kier alpha value is -2.07. The van der Waals surface area contributed by atoms with Gasteiger partial charge in [-0.15, -0.1) is 11.3 Å². The molecule has 0 radical (unpaired) electrons. The molecule has 2 aromatic rings. The van der Waals surface area contributed by atoms with Gasteiger partial charge in [0.05, 0.1) is 39.2 Å². The van der Waals surface area contributed by atoms with Gasteiger partial charge >= 0.3 is 0 Å². The van der Waals surface area contributed by atoms with Gasteiger partial charge in [-0.2, -0.15) is 4.98 Å². The average Bonchev–Trinajstić information content (AvgIpc) is 3.28. The van der Waals surface area contributed by atoms with E-state index in [1.807, 2.05) is 6.07 Å². The van der Waals surface area contributed by atoms with Crippen molar-refractivity contribution in [1.29, 1.82) is 0 Å².